The normalized spacial score (nSPS) is 18.6. The molecular formula is C19H17ClFNO5S. The summed E-state index contributed by atoms with van der Waals surface area (Å²) in [5.41, 5.74) is 1.01. The minimum absolute atomic E-state index is 0.0235. The molecule has 3 rings (SSSR count). The molecule has 0 radical (unpaired) electrons. The minimum Gasteiger partial charge on any atom is -0.493 e. The van der Waals surface area contributed by atoms with Gasteiger partial charge in [-0.2, -0.15) is 0 Å². The van der Waals surface area contributed by atoms with Gasteiger partial charge in [0.05, 0.1) is 36.8 Å². The van der Waals surface area contributed by atoms with Crippen molar-refractivity contribution in [1.29, 1.82) is 0 Å². The van der Waals surface area contributed by atoms with Crippen molar-refractivity contribution in [2.75, 3.05) is 19.5 Å². The van der Waals surface area contributed by atoms with Crippen molar-refractivity contribution in [3.63, 3.8) is 0 Å². The Morgan fingerprint density at radius 1 is 1.29 bits per heavy atom. The Kier molecular flexibility index (Phi) is 6.00. The number of carbonyl (C=O) groups is 2. The van der Waals surface area contributed by atoms with Crippen molar-refractivity contribution >= 4 is 40.9 Å². The van der Waals surface area contributed by atoms with E-state index in [1.54, 1.807) is 24.3 Å². The number of carbonyl (C=O) groups excluding carboxylic acids is 1. The molecule has 0 spiro atoms. The van der Waals surface area contributed by atoms with Crippen molar-refractivity contribution in [1.82, 2.24) is 0 Å². The van der Waals surface area contributed by atoms with Gasteiger partial charge in [-0.05, 0) is 23.8 Å². The first-order chi connectivity index (χ1) is 13.3. The zero-order valence-electron chi connectivity index (χ0n) is 15.0. The van der Waals surface area contributed by atoms with E-state index in [0.717, 1.165) is 17.8 Å². The van der Waals surface area contributed by atoms with Crippen LogP contribution in [-0.4, -0.2) is 36.5 Å². The summed E-state index contributed by atoms with van der Waals surface area (Å²) in [6.07, 6.45) is -0.414. The molecule has 2 aromatic rings. The van der Waals surface area contributed by atoms with Crippen LogP contribution in [0.4, 0.5) is 10.1 Å². The van der Waals surface area contributed by atoms with E-state index in [9.17, 15) is 19.1 Å². The van der Waals surface area contributed by atoms with Crippen LogP contribution in [0.3, 0.4) is 0 Å². The molecule has 2 atom stereocenters. The molecule has 28 heavy (non-hydrogen) atoms. The second-order valence-electron chi connectivity index (χ2n) is 6.03. The van der Waals surface area contributed by atoms with E-state index < -0.39 is 34.6 Å². The fourth-order valence-electron chi connectivity index (χ4n) is 3.09. The Morgan fingerprint density at radius 2 is 2.04 bits per heavy atom. The zero-order chi connectivity index (χ0) is 20.4. The highest BCUT2D eigenvalue weighted by Crippen LogP contribution is 2.50. The van der Waals surface area contributed by atoms with E-state index in [2.05, 4.69) is 5.32 Å². The summed E-state index contributed by atoms with van der Waals surface area (Å²) in [4.78, 5) is 23.8. The average molecular weight is 426 g/mol. The van der Waals surface area contributed by atoms with Crippen molar-refractivity contribution in [3.8, 4) is 11.5 Å². The molecule has 0 aromatic heterocycles. The zero-order valence-corrected chi connectivity index (χ0v) is 16.6. The number of hydrogen-bond donors (Lipinski definition) is 2. The lowest BCUT2D eigenvalue weighted by atomic mass is 10.0. The van der Waals surface area contributed by atoms with Crippen molar-refractivity contribution in [2.45, 2.75) is 16.9 Å². The minimum atomic E-state index is -1.13. The van der Waals surface area contributed by atoms with Crippen LogP contribution < -0.4 is 14.8 Å². The molecule has 2 aromatic carbocycles. The summed E-state index contributed by atoms with van der Waals surface area (Å²) in [5.74, 6) is -1.53. The molecule has 0 aliphatic carbocycles. The largest absolute Gasteiger partial charge is 0.493 e. The fraction of sp³-hybridized carbons (Fsp3) is 0.263. The predicted octanol–water partition coefficient (Wildman–Crippen LogP) is 4.11. The van der Waals surface area contributed by atoms with Crippen LogP contribution in [0.1, 0.15) is 22.8 Å². The molecule has 2 N–H and O–H groups in total. The number of rotatable bonds is 5. The van der Waals surface area contributed by atoms with Gasteiger partial charge in [-0.25, -0.2) is 4.39 Å². The lowest BCUT2D eigenvalue weighted by Crippen LogP contribution is -2.26. The summed E-state index contributed by atoms with van der Waals surface area (Å²) >= 11 is 7.16. The maximum Gasteiger partial charge on any atom is 0.305 e. The fourth-order valence-corrected chi connectivity index (χ4v) is 4.72. The number of benzene rings is 2. The summed E-state index contributed by atoms with van der Waals surface area (Å²) in [6.45, 7) is 0. The number of anilines is 1. The summed E-state index contributed by atoms with van der Waals surface area (Å²) in [5, 5.41) is 10.3. The number of halogens is 2. The molecule has 6 nitrogen and oxygen atoms in total. The number of hydrogen-bond acceptors (Lipinski definition) is 5. The van der Waals surface area contributed by atoms with Crippen molar-refractivity contribution in [3.05, 3.63) is 52.3 Å². The molecule has 0 fully saturated rings. The Morgan fingerprint density at radius 3 is 2.68 bits per heavy atom. The Hall–Kier alpha value is -2.45. The number of carboxylic acid groups (broad SMARTS) is 1. The average Bonchev–Trinajstić information content (AvgIpc) is 2.78. The van der Waals surface area contributed by atoms with E-state index >= 15 is 0 Å². The van der Waals surface area contributed by atoms with Crippen LogP contribution in [0.25, 0.3) is 0 Å². The number of amides is 1. The molecule has 0 saturated carbocycles. The van der Waals surface area contributed by atoms with Gasteiger partial charge >= 0.3 is 5.97 Å². The van der Waals surface area contributed by atoms with Gasteiger partial charge in [0.25, 0.3) is 0 Å². The lowest BCUT2D eigenvalue weighted by Gasteiger charge is -2.23. The van der Waals surface area contributed by atoms with Crippen LogP contribution in [0.5, 0.6) is 11.5 Å². The third kappa shape index (κ3) is 3.88. The standard InChI is InChI=1S/C19H17ClFNO5S/c1-26-13-5-3-4-10(17(13)27-2)18-11-6-9(20)7-12(21)16(11)22-19(25)14(28-18)8-15(23)24/h3-7,14,18H,8H2,1-2H3,(H,22,25)(H,23,24). The number of methoxy groups -OCH3 is 2. The van der Waals surface area contributed by atoms with Gasteiger partial charge in [-0.3, -0.25) is 9.59 Å². The van der Waals surface area contributed by atoms with Crippen LogP contribution in [0.15, 0.2) is 30.3 Å². The molecular weight excluding hydrogens is 409 g/mol. The third-order valence-electron chi connectivity index (χ3n) is 4.28. The highest BCUT2D eigenvalue weighted by atomic mass is 35.5. The van der Waals surface area contributed by atoms with E-state index in [4.69, 9.17) is 21.1 Å². The number of ether oxygens (including phenoxy) is 2. The summed E-state index contributed by atoms with van der Waals surface area (Å²) < 4.78 is 25.4. The van der Waals surface area contributed by atoms with Crippen molar-refractivity contribution in [2.24, 2.45) is 0 Å². The molecule has 1 aliphatic heterocycles. The van der Waals surface area contributed by atoms with Crippen LogP contribution in [0, 0.1) is 5.82 Å². The van der Waals surface area contributed by atoms with Gasteiger partial charge in [0.15, 0.2) is 11.5 Å². The Balaban J connectivity index is 2.23. The summed E-state index contributed by atoms with van der Waals surface area (Å²) in [6, 6.07) is 7.86. The Labute approximate surface area is 170 Å². The molecule has 0 saturated heterocycles. The van der Waals surface area contributed by atoms with E-state index in [-0.39, 0.29) is 10.7 Å². The smallest absolute Gasteiger partial charge is 0.305 e. The second kappa shape index (κ2) is 8.28. The van der Waals surface area contributed by atoms with Crippen LogP contribution in [0.2, 0.25) is 5.02 Å². The molecule has 1 aliphatic rings. The van der Waals surface area contributed by atoms with E-state index in [0.29, 0.717) is 22.6 Å². The van der Waals surface area contributed by atoms with E-state index in [1.807, 2.05) is 0 Å². The van der Waals surface area contributed by atoms with Gasteiger partial charge in [-0.15, -0.1) is 11.8 Å². The predicted molar refractivity (Wildman–Crippen MR) is 105 cm³/mol. The number of fused-ring (bicyclic) bond motifs is 1. The van der Waals surface area contributed by atoms with Gasteiger partial charge in [-0.1, -0.05) is 23.7 Å². The molecule has 1 heterocycles. The van der Waals surface area contributed by atoms with Crippen LogP contribution >= 0.6 is 23.4 Å². The first kappa shape index (κ1) is 20.3. The molecule has 9 heteroatoms. The van der Waals surface area contributed by atoms with Gasteiger partial charge in [0.2, 0.25) is 5.91 Å². The van der Waals surface area contributed by atoms with Crippen LogP contribution in [-0.2, 0) is 9.59 Å². The first-order valence-electron chi connectivity index (χ1n) is 8.23. The third-order valence-corrected chi connectivity index (χ3v) is 5.99. The monoisotopic (exact) mass is 425 g/mol. The Bertz CT molecular complexity index is 939. The SMILES string of the molecule is COc1cccc(C2SC(CC(=O)O)C(=O)Nc3c(F)cc(Cl)cc32)c1OC. The molecule has 1 amide bonds. The first-order valence-corrected chi connectivity index (χ1v) is 9.55. The van der Waals surface area contributed by atoms with Gasteiger partial charge < -0.3 is 19.9 Å². The highest BCUT2D eigenvalue weighted by molar-refractivity contribution is 8.01. The topological polar surface area (TPSA) is 84.9 Å². The second-order valence-corrected chi connectivity index (χ2v) is 7.78. The van der Waals surface area contributed by atoms with Gasteiger partial charge in [0, 0.05) is 10.6 Å². The molecule has 0 bridgehead atoms. The maximum absolute atomic E-state index is 14.6. The molecule has 148 valence electrons. The number of para-hydroxylation sites is 1. The number of carboxylic acids is 1. The van der Waals surface area contributed by atoms with Gasteiger partial charge in [0.1, 0.15) is 5.82 Å². The van der Waals surface area contributed by atoms with Crippen molar-refractivity contribution < 1.29 is 28.6 Å². The molecule has 2 unspecified atom stereocenters. The number of nitrogens with one attached hydrogen (secondary N) is 1. The highest BCUT2D eigenvalue weighted by Gasteiger charge is 2.36. The quantitative estimate of drug-likeness (QED) is 0.749. The maximum atomic E-state index is 14.6. The van der Waals surface area contributed by atoms with E-state index in [1.165, 1.54) is 14.2 Å². The lowest BCUT2D eigenvalue weighted by molar-refractivity contribution is -0.138. The number of aliphatic carboxylic acids is 1. The number of thioether (sulfide) groups is 1. The summed E-state index contributed by atoms with van der Waals surface area (Å²) in [7, 11) is 2.96.